The highest BCUT2D eigenvalue weighted by atomic mass is 16.3. The van der Waals surface area contributed by atoms with E-state index in [0.29, 0.717) is 23.3 Å². The van der Waals surface area contributed by atoms with Crippen LogP contribution in [0.1, 0.15) is 28.6 Å². The van der Waals surface area contributed by atoms with Crippen molar-refractivity contribution in [3.63, 3.8) is 0 Å². The fourth-order valence-electron chi connectivity index (χ4n) is 3.51. The molecule has 4 rings (SSSR count). The van der Waals surface area contributed by atoms with Gasteiger partial charge < -0.3 is 9.32 Å². The van der Waals surface area contributed by atoms with Gasteiger partial charge in [0.05, 0.1) is 11.9 Å². The van der Waals surface area contributed by atoms with Crippen molar-refractivity contribution in [2.45, 2.75) is 19.9 Å². The van der Waals surface area contributed by atoms with Crippen molar-refractivity contribution in [2.24, 2.45) is 0 Å². The molecule has 0 aliphatic carbocycles. The van der Waals surface area contributed by atoms with Gasteiger partial charge in [0.25, 0.3) is 5.91 Å². The maximum atomic E-state index is 13.5. The SMILES string of the molecule is CCc1ccc2oc(C(=O)N(Cc3ccc(N(C)C)cc3)c3ccccn3)cc(=O)c2c1. The van der Waals surface area contributed by atoms with Gasteiger partial charge in [-0.25, -0.2) is 4.98 Å². The van der Waals surface area contributed by atoms with Gasteiger partial charge in [-0.3, -0.25) is 14.5 Å². The number of pyridine rings is 1. The van der Waals surface area contributed by atoms with Crippen LogP contribution in [-0.4, -0.2) is 25.0 Å². The van der Waals surface area contributed by atoms with Gasteiger partial charge in [0.2, 0.25) is 0 Å². The molecule has 32 heavy (non-hydrogen) atoms. The maximum absolute atomic E-state index is 13.5. The summed E-state index contributed by atoms with van der Waals surface area (Å²) >= 11 is 0. The smallest absolute Gasteiger partial charge is 0.295 e. The van der Waals surface area contributed by atoms with Crippen molar-refractivity contribution in [2.75, 3.05) is 23.9 Å². The molecule has 0 atom stereocenters. The predicted octanol–water partition coefficient (Wildman–Crippen LogP) is 4.66. The van der Waals surface area contributed by atoms with E-state index in [9.17, 15) is 9.59 Å². The molecule has 0 aliphatic rings. The highest BCUT2D eigenvalue weighted by molar-refractivity contribution is 6.04. The molecule has 0 saturated heterocycles. The van der Waals surface area contributed by atoms with E-state index < -0.39 is 5.91 Å². The highest BCUT2D eigenvalue weighted by Gasteiger charge is 2.23. The Bertz CT molecular complexity index is 1300. The Morgan fingerprint density at radius 3 is 2.38 bits per heavy atom. The lowest BCUT2D eigenvalue weighted by atomic mass is 10.1. The number of hydrogen-bond acceptors (Lipinski definition) is 5. The van der Waals surface area contributed by atoms with Gasteiger partial charge in [0, 0.05) is 32.0 Å². The molecule has 162 valence electrons. The van der Waals surface area contributed by atoms with Crippen LogP contribution in [0, 0.1) is 0 Å². The molecular weight excluding hydrogens is 402 g/mol. The summed E-state index contributed by atoms with van der Waals surface area (Å²) in [4.78, 5) is 34.1. The molecule has 2 heterocycles. The van der Waals surface area contributed by atoms with Crippen molar-refractivity contribution >= 4 is 28.4 Å². The van der Waals surface area contributed by atoms with Gasteiger partial charge in [-0.15, -0.1) is 0 Å². The van der Waals surface area contributed by atoms with Crippen LogP contribution >= 0.6 is 0 Å². The predicted molar refractivity (Wildman–Crippen MR) is 127 cm³/mol. The highest BCUT2D eigenvalue weighted by Crippen LogP contribution is 2.21. The topological polar surface area (TPSA) is 66.7 Å². The van der Waals surface area contributed by atoms with Crippen molar-refractivity contribution in [3.05, 3.63) is 100 Å². The monoisotopic (exact) mass is 427 g/mol. The van der Waals surface area contributed by atoms with E-state index >= 15 is 0 Å². The summed E-state index contributed by atoms with van der Waals surface area (Å²) < 4.78 is 5.87. The molecule has 0 spiro atoms. The third kappa shape index (κ3) is 4.39. The Kier molecular flexibility index (Phi) is 6.03. The summed E-state index contributed by atoms with van der Waals surface area (Å²) in [7, 11) is 3.95. The molecule has 0 fully saturated rings. The van der Waals surface area contributed by atoms with Crippen LogP contribution in [-0.2, 0) is 13.0 Å². The molecule has 0 aliphatic heterocycles. The fraction of sp³-hybridized carbons (Fsp3) is 0.192. The zero-order valence-corrected chi connectivity index (χ0v) is 18.4. The average molecular weight is 428 g/mol. The van der Waals surface area contributed by atoms with Crippen LogP contribution in [0.25, 0.3) is 11.0 Å². The normalized spacial score (nSPS) is 10.8. The van der Waals surface area contributed by atoms with Gasteiger partial charge in [0.15, 0.2) is 11.2 Å². The number of hydrogen-bond donors (Lipinski definition) is 0. The van der Waals surface area contributed by atoms with E-state index in [1.54, 1.807) is 24.4 Å². The van der Waals surface area contributed by atoms with E-state index in [0.717, 1.165) is 23.2 Å². The molecule has 1 amide bonds. The van der Waals surface area contributed by atoms with Crippen molar-refractivity contribution in [1.29, 1.82) is 0 Å². The second-order valence-electron chi connectivity index (χ2n) is 7.80. The molecule has 0 bridgehead atoms. The number of aromatic nitrogens is 1. The molecule has 2 aromatic carbocycles. The average Bonchev–Trinajstić information content (AvgIpc) is 2.82. The van der Waals surface area contributed by atoms with Crippen LogP contribution in [0.15, 0.2) is 82.1 Å². The Balaban J connectivity index is 1.72. The molecule has 0 unspecified atom stereocenters. The molecule has 4 aromatic rings. The van der Waals surface area contributed by atoms with E-state index in [1.807, 2.05) is 68.4 Å². The van der Waals surface area contributed by atoms with Crippen LogP contribution in [0.2, 0.25) is 0 Å². The summed E-state index contributed by atoms with van der Waals surface area (Å²) in [5, 5.41) is 0.476. The third-order valence-electron chi connectivity index (χ3n) is 5.37. The van der Waals surface area contributed by atoms with E-state index in [1.165, 1.54) is 11.0 Å². The van der Waals surface area contributed by atoms with Gasteiger partial charge in [-0.05, 0) is 53.9 Å². The molecule has 6 heteroatoms. The first-order valence-corrected chi connectivity index (χ1v) is 10.5. The summed E-state index contributed by atoms with van der Waals surface area (Å²) in [6.45, 7) is 2.32. The lowest BCUT2D eigenvalue weighted by Gasteiger charge is -2.22. The van der Waals surface area contributed by atoms with Crippen molar-refractivity contribution < 1.29 is 9.21 Å². The summed E-state index contributed by atoms with van der Waals surface area (Å²) in [5.41, 5.74) is 3.21. The molecule has 0 N–H and O–H groups in total. The zero-order valence-electron chi connectivity index (χ0n) is 18.4. The molecule has 0 saturated carbocycles. The number of anilines is 2. The first-order valence-electron chi connectivity index (χ1n) is 10.5. The van der Waals surface area contributed by atoms with Crippen LogP contribution in [0.4, 0.5) is 11.5 Å². The Morgan fingerprint density at radius 2 is 1.72 bits per heavy atom. The summed E-state index contributed by atoms with van der Waals surface area (Å²) in [5.74, 6) is 0.0551. The number of amides is 1. The quantitative estimate of drug-likeness (QED) is 0.448. The van der Waals surface area contributed by atoms with Crippen LogP contribution in [0.3, 0.4) is 0 Å². The number of carbonyl (C=O) groups is 1. The summed E-state index contributed by atoms with van der Waals surface area (Å²) in [6, 6.07) is 20.1. The zero-order chi connectivity index (χ0) is 22.7. The third-order valence-corrected chi connectivity index (χ3v) is 5.37. The second-order valence-corrected chi connectivity index (χ2v) is 7.80. The van der Waals surface area contributed by atoms with Crippen molar-refractivity contribution in [1.82, 2.24) is 4.98 Å². The maximum Gasteiger partial charge on any atom is 0.295 e. The second kappa shape index (κ2) is 9.06. The minimum absolute atomic E-state index is 0.0117. The van der Waals surface area contributed by atoms with Gasteiger partial charge in [-0.2, -0.15) is 0 Å². The minimum atomic E-state index is -0.418. The standard InChI is InChI=1S/C26H25N3O3/c1-4-18-10-13-23-21(15-18)22(30)16-24(32-23)26(31)29(25-7-5-6-14-27-25)17-19-8-11-20(12-9-19)28(2)3/h5-16H,4,17H2,1-3H3. The van der Waals surface area contributed by atoms with E-state index in [-0.39, 0.29) is 11.2 Å². The Labute approximate surface area is 186 Å². The first kappa shape index (κ1) is 21.3. The Morgan fingerprint density at radius 1 is 0.969 bits per heavy atom. The van der Waals surface area contributed by atoms with Crippen LogP contribution < -0.4 is 15.2 Å². The molecular formula is C26H25N3O3. The Hall–Kier alpha value is -3.93. The number of benzene rings is 2. The molecule has 0 radical (unpaired) electrons. The van der Waals surface area contributed by atoms with E-state index in [4.69, 9.17) is 4.42 Å². The first-order chi connectivity index (χ1) is 15.5. The number of nitrogens with zero attached hydrogens (tertiary/aromatic N) is 3. The number of carbonyl (C=O) groups excluding carboxylic acids is 1. The van der Waals surface area contributed by atoms with Crippen molar-refractivity contribution in [3.8, 4) is 0 Å². The lowest BCUT2D eigenvalue weighted by Crippen LogP contribution is -2.31. The fourth-order valence-corrected chi connectivity index (χ4v) is 3.51. The number of rotatable bonds is 6. The lowest BCUT2D eigenvalue weighted by molar-refractivity contribution is 0.0958. The van der Waals surface area contributed by atoms with Gasteiger partial charge in [-0.1, -0.05) is 31.2 Å². The number of aryl methyl sites for hydroxylation is 1. The molecule has 6 nitrogen and oxygen atoms in total. The van der Waals surface area contributed by atoms with E-state index in [2.05, 4.69) is 4.98 Å². The largest absolute Gasteiger partial charge is 0.451 e. The summed E-state index contributed by atoms with van der Waals surface area (Å²) in [6.07, 6.45) is 2.45. The van der Waals surface area contributed by atoms with Crippen LogP contribution in [0.5, 0.6) is 0 Å². The van der Waals surface area contributed by atoms with Gasteiger partial charge >= 0.3 is 0 Å². The number of fused-ring (bicyclic) bond motifs is 1. The minimum Gasteiger partial charge on any atom is -0.451 e. The molecule has 2 aromatic heterocycles. The van der Waals surface area contributed by atoms with Gasteiger partial charge in [0.1, 0.15) is 11.4 Å².